The number of Topliss-reactive ketones (excluding diaryl/α,β-unsaturated/α-hetero) is 1. The molecule has 2 heterocycles. The van der Waals surface area contributed by atoms with Crippen LogP contribution in [-0.2, 0) is 27.2 Å². The van der Waals surface area contributed by atoms with Gasteiger partial charge in [0.15, 0.2) is 5.78 Å². The van der Waals surface area contributed by atoms with E-state index < -0.39 is 17.7 Å². The predicted octanol–water partition coefficient (Wildman–Crippen LogP) is 7.28. The predicted molar refractivity (Wildman–Crippen MR) is 168 cm³/mol. The average Bonchev–Trinajstić information content (AvgIpc) is 3.52. The molecule has 0 aliphatic heterocycles. The molecule has 7 nitrogen and oxygen atoms in total. The zero-order valence-electron chi connectivity index (χ0n) is 24.2. The van der Waals surface area contributed by atoms with Gasteiger partial charge in [0.2, 0.25) is 0 Å². The van der Waals surface area contributed by atoms with Crippen molar-refractivity contribution in [1.29, 1.82) is 5.26 Å². The lowest BCUT2D eigenvalue weighted by Gasteiger charge is -2.09. The standard InChI is InChI=1S/C35H30N2O5S/c1-4-41-34(39)32-22(3)33(35(40)42-5-2)43-31(32)18-30(38)25(19-36)17-26-21-37(29-16-9-8-15-28(26)29)20-24-13-10-12-23-11-6-7-14-27(23)24/h6-17,21H,4-5,18,20H2,1-3H3/b25-17+. The summed E-state index contributed by atoms with van der Waals surface area (Å²) in [5, 5.41) is 13.3. The van der Waals surface area contributed by atoms with Crippen molar-refractivity contribution in [3.8, 4) is 6.07 Å². The number of thiophene rings is 1. The Balaban J connectivity index is 1.50. The van der Waals surface area contributed by atoms with Crippen molar-refractivity contribution >= 4 is 56.8 Å². The van der Waals surface area contributed by atoms with Gasteiger partial charge in [0.25, 0.3) is 0 Å². The topological polar surface area (TPSA) is 98.4 Å². The van der Waals surface area contributed by atoms with Crippen LogP contribution in [0.5, 0.6) is 0 Å². The SMILES string of the molecule is CCOC(=O)c1sc(CC(=O)/C(C#N)=C/c2cn(Cc3cccc4ccccc34)c3ccccc23)c(C(=O)OCC)c1C. The maximum atomic E-state index is 13.5. The van der Waals surface area contributed by atoms with Gasteiger partial charge in [-0.05, 0) is 54.8 Å². The molecule has 0 saturated carbocycles. The first-order valence-electron chi connectivity index (χ1n) is 14.0. The van der Waals surface area contributed by atoms with Gasteiger partial charge in [-0.2, -0.15) is 5.26 Å². The molecule has 0 atom stereocenters. The number of para-hydroxylation sites is 1. The number of nitriles is 1. The fraction of sp³-hybridized carbons (Fsp3) is 0.200. The zero-order chi connectivity index (χ0) is 30.5. The lowest BCUT2D eigenvalue weighted by molar-refractivity contribution is -0.114. The van der Waals surface area contributed by atoms with E-state index in [0.717, 1.165) is 38.8 Å². The molecular formula is C35H30N2O5S. The Kier molecular flexibility index (Phi) is 8.84. The number of fused-ring (bicyclic) bond motifs is 2. The largest absolute Gasteiger partial charge is 0.462 e. The summed E-state index contributed by atoms with van der Waals surface area (Å²) >= 11 is 1.02. The van der Waals surface area contributed by atoms with Crippen molar-refractivity contribution in [3.63, 3.8) is 0 Å². The minimum atomic E-state index is -0.617. The molecule has 0 aliphatic carbocycles. The second-order valence-corrected chi connectivity index (χ2v) is 11.0. The molecule has 2 aromatic heterocycles. The molecule has 0 radical (unpaired) electrons. The first-order valence-corrected chi connectivity index (χ1v) is 14.8. The van der Waals surface area contributed by atoms with Crippen LogP contribution in [0.4, 0.5) is 0 Å². The van der Waals surface area contributed by atoms with Gasteiger partial charge in [-0.3, -0.25) is 4.79 Å². The van der Waals surface area contributed by atoms with E-state index in [2.05, 4.69) is 34.9 Å². The van der Waals surface area contributed by atoms with E-state index >= 15 is 0 Å². The fourth-order valence-corrected chi connectivity index (χ4v) is 6.45. The van der Waals surface area contributed by atoms with Crippen LogP contribution in [0.25, 0.3) is 27.8 Å². The number of hydrogen-bond acceptors (Lipinski definition) is 7. The molecule has 0 spiro atoms. The number of carbonyl (C=O) groups excluding carboxylic acids is 3. The maximum absolute atomic E-state index is 13.5. The quantitative estimate of drug-likeness (QED) is 0.0963. The van der Waals surface area contributed by atoms with Gasteiger partial charge in [0.05, 0.1) is 24.4 Å². The minimum Gasteiger partial charge on any atom is -0.462 e. The van der Waals surface area contributed by atoms with Crippen molar-refractivity contribution in [2.75, 3.05) is 13.2 Å². The van der Waals surface area contributed by atoms with E-state index in [4.69, 9.17) is 9.47 Å². The molecule has 5 rings (SSSR count). The van der Waals surface area contributed by atoms with Crippen molar-refractivity contribution in [2.24, 2.45) is 0 Å². The highest BCUT2D eigenvalue weighted by molar-refractivity contribution is 7.14. The van der Waals surface area contributed by atoms with Gasteiger partial charge in [-0.15, -0.1) is 11.3 Å². The third-order valence-corrected chi connectivity index (χ3v) is 8.51. The van der Waals surface area contributed by atoms with Crippen molar-refractivity contribution in [1.82, 2.24) is 4.57 Å². The lowest BCUT2D eigenvalue weighted by atomic mass is 10.0. The smallest absolute Gasteiger partial charge is 0.348 e. The summed E-state index contributed by atoms with van der Waals surface area (Å²) in [6.45, 7) is 5.94. The number of hydrogen-bond donors (Lipinski definition) is 0. The molecule has 5 aromatic rings. The normalized spacial score (nSPS) is 11.4. The number of benzene rings is 3. The first-order chi connectivity index (χ1) is 20.9. The van der Waals surface area contributed by atoms with Crippen LogP contribution < -0.4 is 0 Å². The van der Waals surface area contributed by atoms with Crippen LogP contribution in [0.2, 0.25) is 0 Å². The number of rotatable bonds is 10. The van der Waals surface area contributed by atoms with Crippen LogP contribution in [0.1, 0.15) is 55.4 Å². The maximum Gasteiger partial charge on any atom is 0.348 e. The molecule has 0 amide bonds. The fourth-order valence-electron chi connectivity index (χ4n) is 5.27. The summed E-state index contributed by atoms with van der Waals surface area (Å²) in [5.74, 6) is -1.64. The number of carbonyl (C=O) groups is 3. The van der Waals surface area contributed by atoms with E-state index in [1.165, 1.54) is 5.39 Å². The Hall–Kier alpha value is -5.00. The highest BCUT2D eigenvalue weighted by Crippen LogP contribution is 2.32. The summed E-state index contributed by atoms with van der Waals surface area (Å²) in [7, 11) is 0. The minimum absolute atomic E-state index is 0.0494. The Morgan fingerprint density at radius 2 is 1.58 bits per heavy atom. The molecule has 0 fully saturated rings. The summed E-state index contributed by atoms with van der Waals surface area (Å²) in [5.41, 5.74) is 3.40. The number of nitrogens with zero attached hydrogens (tertiary/aromatic N) is 2. The van der Waals surface area contributed by atoms with Gasteiger partial charge < -0.3 is 14.0 Å². The first kappa shape index (κ1) is 29.5. The highest BCUT2D eigenvalue weighted by atomic mass is 32.1. The van der Waals surface area contributed by atoms with Crippen LogP contribution in [0.3, 0.4) is 0 Å². The molecule has 0 saturated heterocycles. The summed E-state index contributed by atoms with van der Waals surface area (Å²) in [6.07, 6.45) is 3.32. The number of ketones is 1. The average molecular weight is 591 g/mol. The summed E-state index contributed by atoms with van der Waals surface area (Å²) in [6, 6.07) is 24.4. The molecule has 8 heteroatoms. The monoisotopic (exact) mass is 590 g/mol. The third-order valence-electron chi connectivity index (χ3n) is 7.24. The molecule has 216 valence electrons. The van der Waals surface area contributed by atoms with Gasteiger partial charge in [0, 0.05) is 40.5 Å². The van der Waals surface area contributed by atoms with Crippen molar-refractivity contribution in [2.45, 2.75) is 33.7 Å². The van der Waals surface area contributed by atoms with E-state index in [9.17, 15) is 19.6 Å². The van der Waals surface area contributed by atoms with Gasteiger partial charge in [-0.1, -0.05) is 60.7 Å². The molecular weight excluding hydrogens is 560 g/mol. The van der Waals surface area contributed by atoms with Crippen LogP contribution in [-0.4, -0.2) is 35.5 Å². The third kappa shape index (κ3) is 5.99. The van der Waals surface area contributed by atoms with Crippen LogP contribution in [0, 0.1) is 18.3 Å². The number of aromatic nitrogens is 1. The van der Waals surface area contributed by atoms with Crippen molar-refractivity contribution in [3.05, 3.63) is 111 Å². The Morgan fingerprint density at radius 3 is 2.33 bits per heavy atom. The highest BCUT2D eigenvalue weighted by Gasteiger charge is 2.28. The van der Waals surface area contributed by atoms with Crippen LogP contribution >= 0.6 is 11.3 Å². The Morgan fingerprint density at radius 1 is 0.907 bits per heavy atom. The molecule has 43 heavy (non-hydrogen) atoms. The second-order valence-electron chi connectivity index (χ2n) is 9.93. The summed E-state index contributed by atoms with van der Waals surface area (Å²) < 4.78 is 12.5. The summed E-state index contributed by atoms with van der Waals surface area (Å²) in [4.78, 5) is 39.5. The number of allylic oxidation sites excluding steroid dienone is 1. The Bertz CT molecular complexity index is 1930. The molecule has 0 unspecified atom stereocenters. The molecule has 3 aromatic carbocycles. The van der Waals surface area contributed by atoms with E-state index in [-0.39, 0.29) is 35.6 Å². The molecule has 0 N–H and O–H groups in total. The number of ether oxygens (including phenoxy) is 2. The Labute approximate surface area is 253 Å². The molecule has 0 bridgehead atoms. The van der Waals surface area contributed by atoms with Crippen molar-refractivity contribution < 1.29 is 23.9 Å². The van der Waals surface area contributed by atoms with E-state index in [1.807, 2.05) is 48.7 Å². The van der Waals surface area contributed by atoms with Gasteiger partial charge in [-0.25, -0.2) is 9.59 Å². The van der Waals surface area contributed by atoms with Gasteiger partial charge in [0.1, 0.15) is 10.9 Å². The van der Waals surface area contributed by atoms with Crippen LogP contribution in [0.15, 0.2) is 78.5 Å². The second kappa shape index (κ2) is 12.9. The lowest BCUT2D eigenvalue weighted by Crippen LogP contribution is -2.12. The van der Waals surface area contributed by atoms with E-state index in [0.29, 0.717) is 17.0 Å². The van der Waals surface area contributed by atoms with E-state index in [1.54, 1.807) is 26.8 Å². The molecule has 0 aliphatic rings. The zero-order valence-corrected chi connectivity index (χ0v) is 25.0. The number of esters is 2. The van der Waals surface area contributed by atoms with Gasteiger partial charge >= 0.3 is 11.9 Å².